The van der Waals surface area contributed by atoms with Crippen LogP contribution < -0.4 is 15.4 Å². The molecule has 20 heavy (non-hydrogen) atoms. The first-order valence-electron chi connectivity index (χ1n) is 6.72. The van der Waals surface area contributed by atoms with E-state index in [2.05, 4.69) is 25.6 Å². The summed E-state index contributed by atoms with van der Waals surface area (Å²) in [5.41, 5.74) is 0. The summed E-state index contributed by atoms with van der Waals surface area (Å²) in [4.78, 5) is 12.5. The van der Waals surface area contributed by atoms with Gasteiger partial charge in [-0.15, -0.1) is 0 Å². The number of rotatable bonds is 10. The largest absolute Gasteiger partial charge is 0.463 e. The first-order valence-corrected chi connectivity index (χ1v) is 6.72. The molecule has 0 saturated carbocycles. The summed E-state index contributed by atoms with van der Waals surface area (Å²) in [6.07, 6.45) is 0.869. The van der Waals surface area contributed by atoms with Crippen molar-refractivity contribution in [2.24, 2.45) is 0 Å². The van der Waals surface area contributed by atoms with Gasteiger partial charge in [0.05, 0.1) is 25.9 Å². The van der Waals surface area contributed by atoms with Crippen molar-refractivity contribution in [1.29, 1.82) is 0 Å². The molecule has 0 radical (unpaired) electrons. The van der Waals surface area contributed by atoms with E-state index in [1.807, 2.05) is 13.8 Å². The number of methoxy groups -OCH3 is 1. The van der Waals surface area contributed by atoms with E-state index in [0.29, 0.717) is 31.7 Å². The summed E-state index contributed by atoms with van der Waals surface area (Å²) >= 11 is 0. The smallest absolute Gasteiger partial charge is 0.323 e. The average molecular weight is 285 g/mol. The molecule has 1 unspecified atom stereocenters. The molecule has 1 aromatic rings. The van der Waals surface area contributed by atoms with Crippen LogP contribution in [0.1, 0.15) is 20.3 Å². The van der Waals surface area contributed by atoms with Gasteiger partial charge in [-0.3, -0.25) is 0 Å². The van der Waals surface area contributed by atoms with Gasteiger partial charge in [0, 0.05) is 13.7 Å². The van der Waals surface area contributed by atoms with E-state index >= 15 is 0 Å². The highest BCUT2D eigenvalue weighted by atomic mass is 16.5. The van der Waals surface area contributed by atoms with E-state index in [9.17, 15) is 5.11 Å². The number of aliphatic hydroxyl groups excluding tert-OH is 1. The van der Waals surface area contributed by atoms with E-state index in [0.717, 1.165) is 6.42 Å². The monoisotopic (exact) mass is 285 g/mol. The zero-order valence-electron chi connectivity index (χ0n) is 12.2. The number of anilines is 2. The normalized spacial score (nSPS) is 12.0. The fourth-order valence-corrected chi connectivity index (χ4v) is 1.44. The molecule has 1 atom stereocenters. The molecule has 0 aromatic carbocycles. The van der Waals surface area contributed by atoms with E-state index in [4.69, 9.17) is 9.47 Å². The second-order valence-electron chi connectivity index (χ2n) is 4.12. The van der Waals surface area contributed by atoms with Crippen LogP contribution in [-0.2, 0) is 4.74 Å². The van der Waals surface area contributed by atoms with Gasteiger partial charge >= 0.3 is 6.01 Å². The van der Waals surface area contributed by atoms with Crippen molar-refractivity contribution in [3.8, 4) is 6.01 Å². The maximum atomic E-state index is 9.24. The molecule has 0 aliphatic carbocycles. The van der Waals surface area contributed by atoms with Gasteiger partial charge in [-0.1, -0.05) is 6.92 Å². The van der Waals surface area contributed by atoms with Crippen LogP contribution in [0.4, 0.5) is 11.9 Å². The third-order valence-electron chi connectivity index (χ3n) is 2.31. The Labute approximate surface area is 118 Å². The Bertz CT molecular complexity index is 391. The number of hydrogen-bond donors (Lipinski definition) is 3. The molecule has 0 aliphatic rings. The number of ether oxygens (including phenoxy) is 2. The highest BCUT2D eigenvalue weighted by molar-refractivity contribution is 5.36. The fraction of sp³-hybridized carbons (Fsp3) is 0.750. The first kappa shape index (κ1) is 16.4. The summed E-state index contributed by atoms with van der Waals surface area (Å²) in [5.74, 6) is 0.781. The third-order valence-corrected chi connectivity index (χ3v) is 2.31. The minimum Gasteiger partial charge on any atom is -0.463 e. The van der Waals surface area contributed by atoms with Crippen molar-refractivity contribution in [2.45, 2.75) is 26.3 Å². The van der Waals surface area contributed by atoms with Crippen molar-refractivity contribution < 1.29 is 14.6 Å². The van der Waals surface area contributed by atoms with Crippen molar-refractivity contribution in [1.82, 2.24) is 15.0 Å². The lowest BCUT2D eigenvalue weighted by Crippen LogP contribution is -2.30. The summed E-state index contributed by atoms with van der Waals surface area (Å²) in [6, 6.07) is -0.0229. The Morgan fingerprint density at radius 2 is 1.95 bits per heavy atom. The molecule has 1 heterocycles. The maximum absolute atomic E-state index is 9.24. The van der Waals surface area contributed by atoms with E-state index in [1.165, 1.54) is 0 Å². The zero-order valence-corrected chi connectivity index (χ0v) is 12.2. The van der Waals surface area contributed by atoms with E-state index in [1.54, 1.807) is 7.11 Å². The second kappa shape index (κ2) is 9.27. The van der Waals surface area contributed by atoms with Gasteiger partial charge in [0.25, 0.3) is 0 Å². The van der Waals surface area contributed by atoms with E-state index < -0.39 is 0 Å². The molecule has 0 spiro atoms. The maximum Gasteiger partial charge on any atom is 0.323 e. The average Bonchev–Trinajstić information content (AvgIpc) is 2.45. The molecule has 8 heteroatoms. The zero-order chi connectivity index (χ0) is 14.8. The summed E-state index contributed by atoms with van der Waals surface area (Å²) in [7, 11) is 1.57. The Hall–Kier alpha value is -1.67. The molecule has 8 nitrogen and oxygen atoms in total. The molecule has 1 rings (SSSR count). The number of aromatic nitrogens is 3. The lowest BCUT2D eigenvalue weighted by atomic mass is 10.3. The van der Waals surface area contributed by atoms with Gasteiger partial charge < -0.3 is 25.2 Å². The number of nitrogens with zero attached hydrogens (tertiary/aromatic N) is 3. The van der Waals surface area contributed by atoms with Crippen LogP contribution >= 0.6 is 0 Å². The van der Waals surface area contributed by atoms with Crippen molar-refractivity contribution in [3.05, 3.63) is 0 Å². The van der Waals surface area contributed by atoms with Crippen molar-refractivity contribution in [2.75, 3.05) is 44.1 Å². The Morgan fingerprint density at radius 1 is 1.20 bits per heavy atom. The Balaban J connectivity index is 2.83. The van der Waals surface area contributed by atoms with Crippen molar-refractivity contribution in [3.63, 3.8) is 0 Å². The second-order valence-corrected chi connectivity index (χ2v) is 4.12. The molecule has 0 amide bonds. The van der Waals surface area contributed by atoms with Gasteiger partial charge in [-0.2, -0.15) is 15.0 Å². The molecular weight excluding hydrogens is 262 g/mol. The highest BCUT2D eigenvalue weighted by Crippen LogP contribution is 2.12. The fourth-order valence-electron chi connectivity index (χ4n) is 1.44. The van der Waals surface area contributed by atoms with Crippen LogP contribution in [0.3, 0.4) is 0 Å². The van der Waals surface area contributed by atoms with Crippen LogP contribution in [-0.4, -0.2) is 59.6 Å². The van der Waals surface area contributed by atoms with Crippen LogP contribution in [0.25, 0.3) is 0 Å². The van der Waals surface area contributed by atoms with Gasteiger partial charge in [0.15, 0.2) is 0 Å². The molecule has 0 saturated heterocycles. The molecule has 0 bridgehead atoms. The Morgan fingerprint density at radius 3 is 2.55 bits per heavy atom. The lowest BCUT2D eigenvalue weighted by molar-refractivity contribution is 0.153. The SMILES string of the molecule is CCCOc1nc(NCC)nc(NC(CO)COC)n1. The predicted octanol–water partition coefficient (Wildman–Crippen LogP) is 0.511. The molecule has 114 valence electrons. The van der Waals surface area contributed by atoms with E-state index in [-0.39, 0.29) is 18.7 Å². The van der Waals surface area contributed by atoms with Gasteiger partial charge in [0.2, 0.25) is 11.9 Å². The summed E-state index contributed by atoms with van der Waals surface area (Å²) in [5, 5.41) is 15.2. The molecule has 0 aliphatic heterocycles. The number of nitrogens with one attached hydrogen (secondary N) is 2. The molecule has 3 N–H and O–H groups in total. The quantitative estimate of drug-likeness (QED) is 0.571. The van der Waals surface area contributed by atoms with Gasteiger partial charge in [-0.25, -0.2) is 0 Å². The molecule has 0 fully saturated rings. The summed E-state index contributed by atoms with van der Waals surface area (Å²) in [6.45, 7) is 5.45. The van der Waals surface area contributed by atoms with Gasteiger partial charge in [0.1, 0.15) is 0 Å². The molecule has 1 aromatic heterocycles. The molecular formula is C12H23N5O3. The van der Waals surface area contributed by atoms with Crippen LogP contribution in [0, 0.1) is 0 Å². The lowest BCUT2D eigenvalue weighted by Gasteiger charge is -2.16. The number of hydrogen-bond acceptors (Lipinski definition) is 8. The van der Waals surface area contributed by atoms with Crippen LogP contribution in [0.2, 0.25) is 0 Å². The topological polar surface area (TPSA) is 101 Å². The van der Waals surface area contributed by atoms with Gasteiger partial charge in [-0.05, 0) is 13.3 Å². The highest BCUT2D eigenvalue weighted by Gasteiger charge is 2.12. The number of aliphatic hydroxyl groups is 1. The minimum atomic E-state index is -0.282. The first-order chi connectivity index (χ1) is 9.73. The third kappa shape index (κ3) is 5.54. The minimum absolute atomic E-state index is 0.0821. The standard InChI is InChI=1S/C12H23N5O3/c1-4-6-20-12-16-10(13-5-2)15-11(17-12)14-9(7-18)8-19-3/h9,18H,4-8H2,1-3H3,(H2,13,14,15,16,17). The summed E-state index contributed by atoms with van der Waals surface area (Å²) < 4.78 is 10.4. The predicted molar refractivity (Wildman–Crippen MR) is 76.1 cm³/mol. The Kier molecular flexibility index (Phi) is 7.59. The van der Waals surface area contributed by atoms with Crippen LogP contribution in [0.5, 0.6) is 6.01 Å². The van der Waals surface area contributed by atoms with Crippen molar-refractivity contribution >= 4 is 11.9 Å². The van der Waals surface area contributed by atoms with Crippen LogP contribution in [0.15, 0.2) is 0 Å².